The standard InChI is InChI=1S/C32H26N6/c1-21-15-26(23-7-3-2-4-8-23)17-30-32(21)33-20-38(30)19-22-11-14-28-25(16-22)13-12-24-9-5-6-10-27(24)29(28)18-31-34-36-37-35-31/h2-11,14-18,20H,12-13,19H2,1H3,(H,34,35,36,37). The number of nitrogens with zero attached hydrogens (tertiary/aromatic N) is 5. The Labute approximate surface area is 220 Å². The number of aromatic amines is 1. The number of aryl methyl sites for hydroxylation is 3. The fourth-order valence-electron chi connectivity index (χ4n) is 5.60. The van der Waals surface area contributed by atoms with Gasteiger partial charge in [-0.25, -0.2) is 4.98 Å². The minimum absolute atomic E-state index is 0.584. The SMILES string of the molecule is Cc1cc(-c2ccccc2)cc2c1ncn2Cc1ccc2c(c1)CCc1ccccc1C2=Cc1nn[nH]n1. The molecule has 1 aliphatic carbocycles. The Bertz CT molecular complexity index is 1800. The van der Waals surface area contributed by atoms with Crippen LogP contribution in [0.3, 0.4) is 0 Å². The minimum atomic E-state index is 0.584. The molecule has 0 unspecified atom stereocenters. The number of imidazole rings is 1. The summed E-state index contributed by atoms with van der Waals surface area (Å²) in [6.07, 6.45) is 5.97. The number of tetrazole rings is 1. The molecular weight excluding hydrogens is 468 g/mol. The highest BCUT2D eigenvalue weighted by atomic mass is 15.5. The normalized spacial score (nSPS) is 13.9. The predicted molar refractivity (Wildman–Crippen MR) is 150 cm³/mol. The highest BCUT2D eigenvalue weighted by Gasteiger charge is 2.19. The van der Waals surface area contributed by atoms with Crippen LogP contribution in [0.25, 0.3) is 33.8 Å². The third-order valence-electron chi connectivity index (χ3n) is 7.44. The second-order valence-corrected chi connectivity index (χ2v) is 9.88. The summed E-state index contributed by atoms with van der Waals surface area (Å²) >= 11 is 0. The van der Waals surface area contributed by atoms with Crippen LogP contribution in [0.15, 0.2) is 91.3 Å². The van der Waals surface area contributed by atoms with Crippen molar-refractivity contribution in [2.45, 2.75) is 26.3 Å². The van der Waals surface area contributed by atoms with Crippen molar-refractivity contribution in [3.8, 4) is 11.1 Å². The molecule has 2 heterocycles. The van der Waals surface area contributed by atoms with Gasteiger partial charge >= 0.3 is 0 Å². The van der Waals surface area contributed by atoms with E-state index in [0.717, 1.165) is 36.0 Å². The van der Waals surface area contributed by atoms with Gasteiger partial charge in [-0.05, 0) is 93.3 Å². The van der Waals surface area contributed by atoms with Crippen LogP contribution in [0, 0.1) is 6.92 Å². The lowest BCUT2D eigenvalue weighted by atomic mass is 9.92. The number of hydrogen-bond donors (Lipinski definition) is 1. The Kier molecular flexibility index (Phi) is 5.43. The molecule has 0 atom stereocenters. The van der Waals surface area contributed by atoms with Gasteiger partial charge in [-0.15, -0.1) is 10.2 Å². The summed E-state index contributed by atoms with van der Waals surface area (Å²) in [5, 5.41) is 14.7. The molecule has 6 nitrogen and oxygen atoms in total. The van der Waals surface area contributed by atoms with Crippen LogP contribution < -0.4 is 0 Å². The number of H-pyrrole nitrogens is 1. The average Bonchev–Trinajstić information content (AvgIpc) is 3.59. The van der Waals surface area contributed by atoms with Crippen molar-refractivity contribution < 1.29 is 0 Å². The van der Waals surface area contributed by atoms with Crippen LogP contribution >= 0.6 is 0 Å². The van der Waals surface area contributed by atoms with E-state index >= 15 is 0 Å². The maximum atomic E-state index is 4.76. The van der Waals surface area contributed by atoms with Gasteiger partial charge in [0.25, 0.3) is 0 Å². The zero-order chi connectivity index (χ0) is 25.5. The summed E-state index contributed by atoms with van der Waals surface area (Å²) in [5.74, 6) is 0.584. The summed E-state index contributed by atoms with van der Waals surface area (Å²) < 4.78 is 2.26. The lowest BCUT2D eigenvalue weighted by Gasteiger charge is -2.14. The van der Waals surface area contributed by atoms with E-state index in [-0.39, 0.29) is 0 Å². The Balaban J connectivity index is 1.28. The molecule has 0 saturated carbocycles. The van der Waals surface area contributed by atoms with Crippen LogP contribution in [-0.4, -0.2) is 30.2 Å². The highest BCUT2D eigenvalue weighted by molar-refractivity contribution is 5.93. The topological polar surface area (TPSA) is 72.3 Å². The van der Waals surface area contributed by atoms with Crippen LogP contribution in [0.2, 0.25) is 0 Å². The largest absolute Gasteiger partial charge is 0.326 e. The molecule has 6 aromatic rings. The number of aromatic nitrogens is 6. The number of nitrogens with one attached hydrogen (secondary N) is 1. The quantitative estimate of drug-likeness (QED) is 0.314. The maximum absolute atomic E-state index is 4.76. The molecule has 184 valence electrons. The summed E-state index contributed by atoms with van der Waals surface area (Å²) in [6.45, 7) is 2.90. The molecule has 0 saturated heterocycles. The van der Waals surface area contributed by atoms with Crippen molar-refractivity contribution in [3.63, 3.8) is 0 Å². The second kappa shape index (κ2) is 9.23. The molecule has 0 amide bonds. The molecule has 6 heteroatoms. The molecule has 0 fully saturated rings. The van der Waals surface area contributed by atoms with E-state index in [4.69, 9.17) is 4.98 Å². The molecule has 0 radical (unpaired) electrons. The van der Waals surface area contributed by atoms with E-state index < -0.39 is 0 Å². The van der Waals surface area contributed by atoms with Crippen molar-refractivity contribution in [2.24, 2.45) is 0 Å². The molecule has 7 rings (SSSR count). The van der Waals surface area contributed by atoms with Gasteiger partial charge in [0.05, 0.1) is 17.4 Å². The van der Waals surface area contributed by atoms with Gasteiger partial charge < -0.3 is 4.57 Å². The van der Waals surface area contributed by atoms with Crippen molar-refractivity contribution in [2.75, 3.05) is 0 Å². The van der Waals surface area contributed by atoms with Crippen LogP contribution in [0.1, 0.15) is 39.2 Å². The first kappa shape index (κ1) is 22.4. The van der Waals surface area contributed by atoms with Gasteiger partial charge in [0.1, 0.15) is 0 Å². The van der Waals surface area contributed by atoms with Gasteiger partial charge in [0.2, 0.25) is 0 Å². The molecule has 0 aliphatic heterocycles. The smallest absolute Gasteiger partial charge is 0.198 e. The Hall–Kier alpha value is -4.84. The third kappa shape index (κ3) is 4.00. The first-order valence-electron chi connectivity index (χ1n) is 12.9. The van der Waals surface area contributed by atoms with Crippen molar-refractivity contribution in [1.82, 2.24) is 30.2 Å². The molecular formula is C32H26N6. The van der Waals surface area contributed by atoms with Gasteiger partial charge in [0, 0.05) is 6.54 Å². The number of fused-ring (bicyclic) bond motifs is 3. The Morgan fingerprint density at radius 2 is 1.66 bits per heavy atom. The van der Waals surface area contributed by atoms with Gasteiger partial charge in [-0.3, -0.25) is 0 Å². The van der Waals surface area contributed by atoms with E-state index in [0.29, 0.717) is 5.82 Å². The summed E-state index contributed by atoms with van der Waals surface area (Å²) in [6, 6.07) is 30.5. The van der Waals surface area contributed by atoms with Crippen LogP contribution in [0.4, 0.5) is 0 Å². The van der Waals surface area contributed by atoms with Gasteiger partial charge in [-0.2, -0.15) is 5.21 Å². The summed E-state index contributed by atoms with van der Waals surface area (Å²) in [4.78, 5) is 4.76. The van der Waals surface area contributed by atoms with E-state index in [9.17, 15) is 0 Å². The predicted octanol–water partition coefficient (Wildman–Crippen LogP) is 6.26. The fraction of sp³-hybridized carbons (Fsp3) is 0.125. The summed E-state index contributed by atoms with van der Waals surface area (Å²) in [5.41, 5.74) is 13.4. The Morgan fingerprint density at radius 3 is 2.53 bits per heavy atom. The number of hydrogen-bond acceptors (Lipinski definition) is 4. The zero-order valence-corrected chi connectivity index (χ0v) is 21.1. The number of benzene rings is 4. The molecule has 4 aromatic carbocycles. The van der Waals surface area contributed by atoms with Crippen LogP contribution in [0.5, 0.6) is 0 Å². The molecule has 1 aliphatic rings. The first-order chi connectivity index (χ1) is 18.7. The maximum Gasteiger partial charge on any atom is 0.198 e. The monoisotopic (exact) mass is 494 g/mol. The second-order valence-electron chi connectivity index (χ2n) is 9.88. The van der Waals surface area contributed by atoms with E-state index in [1.54, 1.807) is 0 Å². The summed E-state index contributed by atoms with van der Waals surface area (Å²) in [7, 11) is 0. The zero-order valence-electron chi connectivity index (χ0n) is 21.1. The van der Waals surface area contributed by atoms with Gasteiger partial charge in [-0.1, -0.05) is 72.8 Å². The molecule has 1 N–H and O–H groups in total. The molecule has 2 aromatic heterocycles. The van der Waals surface area contributed by atoms with E-state index in [1.165, 1.54) is 44.5 Å². The minimum Gasteiger partial charge on any atom is -0.326 e. The lowest BCUT2D eigenvalue weighted by Crippen LogP contribution is -2.01. The van der Waals surface area contributed by atoms with Crippen molar-refractivity contribution in [1.29, 1.82) is 0 Å². The molecule has 0 spiro atoms. The lowest BCUT2D eigenvalue weighted by molar-refractivity contribution is 0.821. The molecule has 0 bridgehead atoms. The van der Waals surface area contributed by atoms with Crippen molar-refractivity contribution >= 4 is 22.7 Å². The van der Waals surface area contributed by atoms with Crippen LogP contribution in [-0.2, 0) is 19.4 Å². The Morgan fingerprint density at radius 1 is 0.842 bits per heavy atom. The van der Waals surface area contributed by atoms with E-state index in [1.807, 2.05) is 12.4 Å². The molecule has 38 heavy (non-hydrogen) atoms. The number of rotatable bonds is 4. The van der Waals surface area contributed by atoms with E-state index in [2.05, 4.69) is 117 Å². The fourth-order valence-corrected chi connectivity index (χ4v) is 5.60. The third-order valence-corrected chi connectivity index (χ3v) is 7.44. The van der Waals surface area contributed by atoms with Gasteiger partial charge in [0.15, 0.2) is 5.82 Å². The van der Waals surface area contributed by atoms with Crippen molar-refractivity contribution in [3.05, 3.63) is 130 Å². The average molecular weight is 495 g/mol. The highest BCUT2D eigenvalue weighted by Crippen LogP contribution is 2.35. The first-order valence-corrected chi connectivity index (χ1v) is 12.9.